The van der Waals surface area contributed by atoms with Crippen LogP contribution in [0.3, 0.4) is 0 Å². The molecule has 112 valence electrons. The summed E-state index contributed by atoms with van der Waals surface area (Å²) in [6.45, 7) is -0.367. The first-order valence-electron chi connectivity index (χ1n) is 6.35. The van der Waals surface area contributed by atoms with Crippen molar-refractivity contribution < 1.29 is 22.4 Å². The highest BCUT2D eigenvalue weighted by molar-refractivity contribution is 7.54. The number of benzene rings is 2. The van der Waals surface area contributed by atoms with Crippen LogP contribution in [-0.4, -0.2) is 6.17 Å². The van der Waals surface area contributed by atoms with E-state index in [2.05, 4.69) is 0 Å². The minimum Gasteiger partial charge on any atom is -0.300 e. The average Bonchev–Trinajstić information content (AvgIpc) is 2.53. The predicted octanol–water partition coefficient (Wildman–Crippen LogP) is 4.84. The molecule has 0 aliphatic rings. The lowest BCUT2D eigenvalue weighted by molar-refractivity contribution is 0.120. The number of hydrogen-bond acceptors (Lipinski definition) is 3. The summed E-state index contributed by atoms with van der Waals surface area (Å²) in [5.41, 5.74) is 1.31. The third kappa shape index (κ3) is 4.74. The highest BCUT2D eigenvalue weighted by Gasteiger charge is 2.37. The van der Waals surface area contributed by atoms with E-state index in [4.69, 9.17) is 9.05 Å². The molecule has 0 radical (unpaired) electrons. The summed E-state index contributed by atoms with van der Waals surface area (Å²) in [5.74, 6) is 0. The van der Waals surface area contributed by atoms with Crippen molar-refractivity contribution in [3.05, 3.63) is 71.8 Å². The number of halogens is 2. The molecule has 2 aromatic carbocycles. The molecule has 0 bridgehead atoms. The lowest BCUT2D eigenvalue weighted by atomic mass is 10.2. The van der Waals surface area contributed by atoms with E-state index in [0.29, 0.717) is 11.1 Å². The van der Waals surface area contributed by atoms with E-state index in [1.807, 2.05) is 0 Å². The molecule has 0 spiro atoms. The zero-order valence-electron chi connectivity index (χ0n) is 11.2. The van der Waals surface area contributed by atoms with Gasteiger partial charge in [-0.15, -0.1) is 0 Å². The Labute approximate surface area is 122 Å². The monoisotopic (exact) mass is 312 g/mol. The van der Waals surface area contributed by atoms with E-state index in [1.165, 1.54) is 0 Å². The minimum atomic E-state index is -4.46. The summed E-state index contributed by atoms with van der Waals surface area (Å²) in [6.07, 6.45) is -3.18. The maximum Gasteiger partial charge on any atom is 0.397 e. The van der Waals surface area contributed by atoms with Crippen molar-refractivity contribution in [1.82, 2.24) is 0 Å². The molecule has 0 saturated carbocycles. The second-order valence-electron chi connectivity index (χ2n) is 4.34. The Hall–Kier alpha value is -1.55. The molecule has 0 amide bonds. The van der Waals surface area contributed by atoms with Crippen LogP contribution in [-0.2, 0) is 26.8 Å². The third-order valence-electron chi connectivity index (χ3n) is 2.75. The molecule has 2 rings (SSSR count). The van der Waals surface area contributed by atoms with Crippen LogP contribution in [0, 0.1) is 0 Å². The molecule has 0 heterocycles. The maximum atomic E-state index is 13.0. The van der Waals surface area contributed by atoms with Gasteiger partial charge in [-0.2, -0.15) is 8.78 Å². The molecule has 0 fully saturated rings. The molecule has 2 aromatic rings. The second-order valence-corrected chi connectivity index (χ2v) is 6.32. The SMILES string of the molecule is O=P(OCc1ccccc1)(OCc1ccccc1)C(F)F. The van der Waals surface area contributed by atoms with Crippen molar-refractivity contribution in [2.75, 3.05) is 0 Å². The van der Waals surface area contributed by atoms with Gasteiger partial charge in [0.15, 0.2) is 0 Å². The summed E-state index contributed by atoms with van der Waals surface area (Å²) < 4.78 is 47.8. The van der Waals surface area contributed by atoms with E-state index < -0.39 is 13.8 Å². The number of alkyl halides is 2. The van der Waals surface area contributed by atoms with E-state index in [-0.39, 0.29) is 13.2 Å². The zero-order chi connectivity index (χ0) is 15.1. The molecule has 6 heteroatoms. The van der Waals surface area contributed by atoms with E-state index in [9.17, 15) is 13.3 Å². The molecule has 21 heavy (non-hydrogen) atoms. The van der Waals surface area contributed by atoms with E-state index in [1.54, 1.807) is 60.7 Å². The standard InChI is InChI=1S/C15H15F2O3P/c16-15(17)21(18,19-11-13-7-3-1-4-8-13)20-12-14-9-5-2-6-10-14/h1-10,15H,11-12H2. The molecular formula is C15H15F2O3P. The van der Waals surface area contributed by atoms with Gasteiger partial charge in [0.25, 0.3) is 0 Å². The van der Waals surface area contributed by atoms with Gasteiger partial charge in [0, 0.05) is 0 Å². The Bertz CT molecular complexity index is 543. The van der Waals surface area contributed by atoms with Crippen LogP contribution in [0.5, 0.6) is 0 Å². The van der Waals surface area contributed by atoms with E-state index in [0.717, 1.165) is 0 Å². The fraction of sp³-hybridized carbons (Fsp3) is 0.200. The average molecular weight is 312 g/mol. The largest absolute Gasteiger partial charge is 0.397 e. The molecule has 0 saturated heterocycles. The van der Waals surface area contributed by atoms with Crippen LogP contribution in [0.4, 0.5) is 8.78 Å². The lowest BCUT2D eigenvalue weighted by Crippen LogP contribution is -2.04. The van der Waals surface area contributed by atoms with Gasteiger partial charge < -0.3 is 0 Å². The predicted molar refractivity (Wildman–Crippen MR) is 76.1 cm³/mol. The topological polar surface area (TPSA) is 35.5 Å². The molecule has 3 nitrogen and oxygen atoms in total. The Morgan fingerprint density at radius 1 is 0.810 bits per heavy atom. The Balaban J connectivity index is 1.98. The van der Waals surface area contributed by atoms with Gasteiger partial charge in [-0.1, -0.05) is 60.7 Å². The normalized spacial score (nSPS) is 11.8. The molecule has 0 atom stereocenters. The van der Waals surface area contributed by atoms with Crippen LogP contribution >= 0.6 is 7.60 Å². The van der Waals surface area contributed by atoms with Gasteiger partial charge >= 0.3 is 13.8 Å². The van der Waals surface area contributed by atoms with Crippen molar-refractivity contribution >= 4 is 7.60 Å². The number of hydrogen-bond donors (Lipinski definition) is 0. The van der Waals surface area contributed by atoms with Crippen LogP contribution in [0.2, 0.25) is 0 Å². The fourth-order valence-corrected chi connectivity index (χ4v) is 2.59. The zero-order valence-corrected chi connectivity index (χ0v) is 12.1. The first-order valence-corrected chi connectivity index (χ1v) is 7.96. The van der Waals surface area contributed by atoms with Gasteiger partial charge in [0.2, 0.25) is 0 Å². The molecule has 0 unspecified atom stereocenters. The molecular weight excluding hydrogens is 297 g/mol. The Morgan fingerprint density at radius 2 is 1.19 bits per heavy atom. The van der Waals surface area contributed by atoms with E-state index >= 15 is 0 Å². The van der Waals surface area contributed by atoms with Crippen LogP contribution in [0.25, 0.3) is 0 Å². The first-order chi connectivity index (χ1) is 10.1. The molecule has 0 aliphatic carbocycles. The summed E-state index contributed by atoms with van der Waals surface area (Å²) in [6, 6.07) is 17.4. The van der Waals surface area contributed by atoms with Crippen molar-refractivity contribution in [3.63, 3.8) is 0 Å². The second kappa shape index (κ2) is 7.46. The quantitative estimate of drug-likeness (QED) is 0.687. The summed E-state index contributed by atoms with van der Waals surface area (Å²) >= 11 is 0. The van der Waals surface area contributed by atoms with Crippen LogP contribution in [0.15, 0.2) is 60.7 Å². The Kier molecular flexibility index (Phi) is 5.62. The molecule has 0 aromatic heterocycles. The number of rotatable bonds is 7. The Morgan fingerprint density at radius 3 is 1.52 bits per heavy atom. The smallest absolute Gasteiger partial charge is 0.300 e. The van der Waals surface area contributed by atoms with Gasteiger partial charge in [0.05, 0.1) is 13.2 Å². The van der Waals surface area contributed by atoms with Crippen molar-refractivity contribution in [2.45, 2.75) is 19.4 Å². The highest BCUT2D eigenvalue weighted by atomic mass is 31.2. The van der Waals surface area contributed by atoms with Gasteiger partial charge in [0.1, 0.15) is 0 Å². The molecule has 0 N–H and O–H groups in total. The first kappa shape index (κ1) is 15.8. The summed E-state index contributed by atoms with van der Waals surface area (Å²) in [7, 11) is -4.46. The van der Waals surface area contributed by atoms with Gasteiger partial charge in [-0.05, 0) is 11.1 Å². The van der Waals surface area contributed by atoms with Gasteiger partial charge in [-0.25, -0.2) is 0 Å². The van der Waals surface area contributed by atoms with Crippen molar-refractivity contribution in [2.24, 2.45) is 0 Å². The van der Waals surface area contributed by atoms with Crippen LogP contribution < -0.4 is 0 Å². The van der Waals surface area contributed by atoms with Crippen molar-refractivity contribution in [1.29, 1.82) is 0 Å². The summed E-state index contributed by atoms with van der Waals surface area (Å²) in [4.78, 5) is 0. The fourth-order valence-electron chi connectivity index (χ4n) is 1.63. The summed E-state index contributed by atoms with van der Waals surface area (Å²) in [5, 5.41) is 0. The van der Waals surface area contributed by atoms with Crippen LogP contribution in [0.1, 0.15) is 11.1 Å². The van der Waals surface area contributed by atoms with Crippen molar-refractivity contribution in [3.8, 4) is 0 Å². The van der Waals surface area contributed by atoms with Gasteiger partial charge in [-0.3, -0.25) is 13.6 Å². The maximum absolute atomic E-state index is 13.0. The minimum absolute atomic E-state index is 0.183. The molecule has 0 aliphatic heterocycles. The lowest BCUT2D eigenvalue weighted by Gasteiger charge is -2.17. The highest BCUT2D eigenvalue weighted by Crippen LogP contribution is 2.55. The third-order valence-corrected chi connectivity index (χ3v) is 4.20.